The summed E-state index contributed by atoms with van der Waals surface area (Å²) < 4.78 is 25.7. The van der Waals surface area contributed by atoms with Crippen LogP contribution in [0.5, 0.6) is 5.75 Å². The maximum Gasteiger partial charge on any atom is 0.255 e. The van der Waals surface area contributed by atoms with Crippen molar-refractivity contribution in [3.05, 3.63) is 114 Å². The van der Waals surface area contributed by atoms with Crippen molar-refractivity contribution >= 4 is 22.8 Å². The minimum absolute atomic E-state index is 0.183. The number of hydrogen-bond acceptors (Lipinski definition) is 5. The van der Waals surface area contributed by atoms with Gasteiger partial charge in [-0.3, -0.25) is 9.59 Å². The summed E-state index contributed by atoms with van der Waals surface area (Å²) in [6.45, 7) is 0.617. The molecule has 0 aliphatic heterocycles. The van der Waals surface area contributed by atoms with Gasteiger partial charge >= 0.3 is 0 Å². The quantitative estimate of drug-likeness (QED) is 0.203. The summed E-state index contributed by atoms with van der Waals surface area (Å²) in [5.41, 5.74) is 9.73. The molecule has 212 valence electrons. The number of carbonyl (C=O) groups is 2. The molecule has 4 aromatic carbocycles. The molecular weight excluding hydrogens is 533 g/mol. The Morgan fingerprint density at radius 2 is 1.67 bits per heavy atom. The van der Waals surface area contributed by atoms with E-state index in [1.54, 1.807) is 43.4 Å². The summed E-state index contributed by atoms with van der Waals surface area (Å²) in [6.07, 6.45) is 1.76. The van der Waals surface area contributed by atoms with Crippen LogP contribution in [0, 0.1) is 5.82 Å². The second kappa shape index (κ2) is 11.1. The Bertz CT molecular complexity index is 1780. The molecule has 7 nitrogen and oxygen atoms in total. The minimum atomic E-state index is -0.385. The summed E-state index contributed by atoms with van der Waals surface area (Å²) in [6, 6.07) is 26.5. The van der Waals surface area contributed by atoms with E-state index in [0.717, 1.165) is 24.0 Å². The maximum atomic E-state index is 13.6. The molecule has 2 amide bonds. The molecule has 42 heavy (non-hydrogen) atoms. The highest BCUT2D eigenvalue weighted by Crippen LogP contribution is 2.46. The Morgan fingerprint density at radius 3 is 2.36 bits per heavy atom. The number of halogens is 1. The summed E-state index contributed by atoms with van der Waals surface area (Å²) in [4.78, 5) is 26.6. The van der Waals surface area contributed by atoms with Gasteiger partial charge in [-0.1, -0.05) is 36.4 Å². The van der Waals surface area contributed by atoms with Crippen molar-refractivity contribution in [2.75, 3.05) is 20.2 Å². The number of nitrogens with two attached hydrogens (primary N) is 1. The van der Waals surface area contributed by atoms with Gasteiger partial charge in [0.25, 0.3) is 11.8 Å². The van der Waals surface area contributed by atoms with Crippen molar-refractivity contribution in [3.63, 3.8) is 0 Å². The zero-order chi connectivity index (χ0) is 29.3. The highest BCUT2D eigenvalue weighted by Gasteiger charge is 2.45. The van der Waals surface area contributed by atoms with Gasteiger partial charge in [0.2, 0.25) is 0 Å². The predicted octanol–water partition coefficient (Wildman–Crippen LogP) is 6.02. The number of rotatable bonds is 9. The van der Waals surface area contributed by atoms with Crippen LogP contribution < -0.4 is 21.1 Å². The first-order chi connectivity index (χ1) is 20.4. The molecule has 6 rings (SSSR count). The maximum absolute atomic E-state index is 13.6. The standard InChI is InChI=1S/C34H30FN3O4/c1-37-33(40)30-27-19-22(9-14-29(27)42-31(30)21-7-11-25(35)12-8-21)26-20-23(10-13-28(26)41-18-17-36)32(39)38-34(15-16-34)24-5-3-2-4-6-24/h2-14,19-20H,15-18,36H2,1H3,(H,37,40)(H,38,39). The van der Waals surface area contributed by atoms with Gasteiger partial charge in [0.15, 0.2) is 0 Å². The summed E-state index contributed by atoms with van der Waals surface area (Å²) in [5.74, 6) is -0.0104. The highest BCUT2D eigenvalue weighted by atomic mass is 19.1. The number of nitrogens with one attached hydrogen (secondary N) is 2. The van der Waals surface area contributed by atoms with Crippen LogP contribution in [0.2, 0.25) is 0 Å². The number of fused-ring (bicyclic) bond motifs is 1. The van der Waals surface area contributed by atoms with E-state index in [1.807, 2.05) is 42.5 Å². The molecule has 0 spiro atoms. The van der Waals surface area contributed by atoms with E-state index in [9.17, 15) is 14.0 Å². The Balaban J connectivity index is 1.42. The summed E-state index contributed by atoms with van der Waals surface area (Å²) in [5, 5.41) is 6.49. The van der Waals surface area contributed by atoms with Gasteiger partial charge < -0.3 is 25.5 Å². The SMILES string of the molecule is CNC(=O)c1c(-c2ccc(F)cc2)oc2ccc(-c3cc(C(=O)NC4(c5ccccc5)CC4)ccc3OCCN)cc12. The smallest absolute Gasteiger partial charge is 0.255 e. The van der Waals surface area contributed by atoms with Gasteiger partial charge in [-0.25, -0.2) is 4.39 Å². The van der Waals surface area contributed by atoms with Crippen LogP contribution in [0.4, 0.5) is 4.39 Å². The van der Waals surface area contributed by atoms with Crippen molar-refractivity contribution in [2.24, 2.45) is 5.73 Å². The lowest BCUT2D eigenvalue weighted by Crippen LogP contribution is -2.34. The molecule has 5 aromatic rings. The lowest BCUT2D eigenvalue weighted by atomic mass is 9.97. The van der Waals surface area contributed by atoms with E-state index in [4.69, 9.17) is 14.9 Å². The van der Waals surface area contributed by atoms with E-state index in [2.05, 4.69) is 10.6 Å². The Kier molecular flexibility index (Phi) is 7.22. The number of amides is 2. The fourth-order valence-electron chi connectivity index (χ4n) is 5.27. The van der Waals surface area contributed by atoms with Crippen molar-refractivity contribution in [2.45, 2.75) is 18.4 Å². The van der Waals surface area contributed by atoms with Gasteiger partial charge in [-0.15, -0.1) is 0 Å². The molecule has 1 aromatic heterocycles. The molecule has 1 saturated carbocycles. The second-order valence-electron chi connectivity index (χ2n) is 10.4. The van der Waals surface area contributed by atoms with Crippen LogP contribution in [-0.4, -0.2) is 32.0 Å². The average molecular weight is 564 g/mol. The molecule has 1 aliphatic rings. The molecule has 0 atom stereocenters. The van der Waals surface area contributed by atoms with Crippen LogP contribution in [0.1, 0.15) is 39.1 Å². The Hall–Kier alpha value is -4.95. The van der Waals surface area contributed by atoms with Gasteiger partial charge in [0.1, 0.15) is 29.5 Å². The van der Waals surface area contributed by atoms with E-state index >= 15 is 0 Å². The van der Waals surface area contributed by atoms with E-state index in [1.165, 1.54) is 12.1 Å². The molecule has 8 heteroatoms. The number of benzene rings is 4. The first kappa shape index (κ1) is 27.2. The fourth-order valence-corrected chi connectivity index (χ4v) is 5.27. The van der Waals surface area contributed by atoms with Crippen LogP contribution in [0.15, 0.2) is 95.4 Å². The number of furan rings is 1. The molecule has 4 N–H and O–H groups in total. The molecule has 0 saturated heterocycles. The second-order valence-corrected chi connectivity index (χ2v) is 10.4. The molecule has 1 heterocycles. The zero-order valence-electron chi connectivity index (χ0n) is 23.1. The molecule has 0 bridgehead atoms. The van der Waals surface area contributed by atoms with Gasteiger partial charge in [0.05, 0.1) is 11.1 Å². The minimum Gasteiger partial charge on any atom is -0.492 e. The number of ether oxygens (including phenoxy) is 1. The summed E-state index contributed by atoms with van der Waals surface area (Å²) >= 11 is 0. The third-order valence-corrected chi connectivity index (χ3v) is 7.61. The topological polar surface area (TPSA) is 107 Å². The van der Waals surface area contributed by atoms with Crippen LogP contribution >= 0.6 is 0 Å². The highest BCUT2D eigenvalue weighted by molar-refractivity contribution is 6.12. The van der Waals surface area contributed by atoms with E-state index < -0.39 is 0 Å². The Morgan fingerprint density at radius 1 is 0.929 bits per heavy atom. The van der Waals surface area contributed by atoms with Gasteiger partial charge in [-0.2, -0.15) is 0 Å². The molecule has 1 aliphatic carbocycles. The van der Waals surface area contributed by atoms with E-state index in [0.29, 0.717) is 57.9 Å². The van der Waals surface area contributed by atoms with Crippen molar-refractivity contribution in [3.8, 4) is 28.2 Å². The molecule has 1 fully saturated rings. The van der Waals surface area contributed by atoms with Crippen LogP contribution in [0.3, 0.4) is 0 Å². The lowest BCUT2D eigenvalue weighted by molar-refractivity contribution is 0.0929. The van der Waals surface area contributed by atoms with Crippen LogP contribution in [0.25, 0.3) is 33.4 Å². The molecule has 0 radical (unpaired) electrons. The largest absolute Gasteiger partial charge is 0.492 e. The monoisotopic (exact) mass is 563 g/mol. The average Bonchev–Trinajstić information content (AvgIpc) is 3.71. The van der Waals surface area contributed by atoms with E-state index in [-0.39, 0.29) is 23.2 Å². The third-order valence-electron chi connectivity index (χ3n) is 7.61. The number of hydrogen-bond donors (Lipinski definition) is 3. The van der Waals surface area contributed by atoms with Crippen molar-refractivity contribution < 1.29 is 23.1 Å². The zero-order valence-corrected chi connectivity index (χ0v) is 23.1. The lowest BCUT2D eigenvalue weighted by Gasteiger charge is -2.19. The van der Waals surface area contributed by atoms with Crippen LogP contribution in [-0.2, 0) is 5.54 Å². The molecule has 0 unspecified atom stereocenters. The first-order valence-corrected chi connectivity index (χ1v) is 13.8. The summed E-state index contributed by atoms with van der Waals surface area (Å²) in [7, 11) is 1.54. The first-order valence-electron chi connectivity index (χ1n) is 13.8. The van der Waals surface area contributed by atoms with Crippen molar-refractivity contribution in [1.82, 2.24) is 10.6 Å². The predicted molar refractivity (Wildman–Crippen MR) is 160 cm³/mol. The fraction of sp³-hybridized carbons (Fsp3) is 0.176. The van der Waals surface area contributed by atoms with Gasteiger partial charge in [0, 0.05) is 35.7 Å². The van der Waals surface area contributed by atoms with Gasteiger partial charge in [-0.05, 0) is 78.6 Å². The molecular formula is C34H30FN3O4. The normalized spacial score (nSPS) is 13.5. The third kappa shape index (κ3) is 5.12. The van der Waals surface area contributed by atoms with Crippen molar-refractivity contribution in [1.29, 1.82) is 0 Å². The number of carbonyl (C=O) groups excluding carboxylic acids is 2. The Labute approximate surface area is 242 Å².